The zero-order valence-electron chi connectivity index (χ0n) is 11.7. The Bertz CT molecular complexity index is 574. The van der Waals surface area contributed by atoms with Gasteiger partial charge in [-0.2, -0.15) is 0 Å². The summed E-state index contributed by atoms with van der Waals surface area (Å²) in [6.45, 7) is 6.53. The Balaban J connectivity index is 3.14. The van der Waals surface area contributed by atoms with E-state index in [4.69, 9.17) is 5.14 Å². The van der Waals surface area contributed by atoms with Gasteiger partial charge in [0, 0.05) is 13.6 Å². The molecule has 0 spiro atoms. The first kappa shape index (κ1) is 15.7. The topological polar surface area (TPSA) is 80.5 Å². The Kier molecular flexibility index (Phi) is 4.37. The van der Waals surface area contributed by atoms with Crippen molar-refractivity contribution < 1.29 is 13.2 Å². The van der Waals surface area contributed by atoms with Gasteiger partial charge in [0.05, 0.1) is 10.5 Å². The van der Waals surface area contributed by atoms with Crippen LogP contribution in [0.5, 0.6) is 0 Å². The molecule has 106 valence electrons. The Morgan fingerprint density at radius 3 is 2.26 bits per heavy atom. The van der Waals surface area contributed by atoms with E-state index in [0.29, 0.717) is 6.54 Å². The van der Waals surface area contributed by atoms with Gasteiger partial charge < -0.3 is 4.90 Å². The van der Waals surface area contributed by atoms with Gasteiger partial charge in [0.15, 0.2) is 0 Å². The Morgan fingerprint density at radius 1 is 1.26 bits per heavy atom. The molecule has 0 heterocycles. The highest BCUT2D eigenvalue weighted by molar-refractivity contribution is 7.89. The van der Waals surface area contributed by atoms with E-state index in [1.165, 1.54) is 17.0 Å². The maximum atomic E-state index is 12.3. The van der Waals surface area contributed by atoms with E-state index < -0.39 is 10.0 Å². The van der Waals surface area contributed by atoms with Gasteiger partial charge in [-0.25, -0.2) is 13.6 Å². The molecule has 1 amide bonds. The van der Waals surface area contributed by atoms with E-state index in [1.54, 1.807) is 19.2 Å². The molecule has 0 radical (unpaired) electrons. The third-order valence-corrected chi connectivity index (χ3v) is 3.45. The van der Waals surface area contributed by atoms with Crippen molar-refractivity contribution in [1.82, 2.24) is 4.90 Å². The number of carbonyl (C=O) groups excluding carboxylic acids is 1. The number of hydrogen-bond donors (Lipinski definition) is 1. The quantitative estimate of drug-likeness (QED) is 0.912. The molecule has 0 aromatic heterocycles. The van der Waals surface area contributed by atoms with E-state index in [1.807, 2.05) is 20.8 Å². The van der Waals surface area contributed by atoms with Crippen LogP contribution in [0.4, 0.5) is 0 Å². The standard InChI is InChI=1S/C13H20N2O3S/c1-13(2,3)9-15(4)12(16)10-7-5-6-8-11(10)19(14,17)18/h5-8H,9H2,1-4H3,(H2,14,17,18). The fraction of sp³-hybridized carbons (Fsp3) is 0.462. The van der Waals surface area contributed by atoms with Gasteiger partial charge in [-0.3, -0.25) is 4.79 Å². The zero-order valence-corrected chi connectivity index (χ0v) is 12.5. The molecule has 0 aliphatic rings. The fourth-order valence-corrected chi connectivity index (χ4v) is 2.61. The molecule has 1 aromatic rings. The Labute approximate surface area is 114 Å². The largest absolute Gasteiger partial charge is 0.341 e. The summed E-state index contributed by atoms with van der Waals surface area (Å²) in [7, 11) is -2.26. The van der Waals surface area contributed by atoms with Crippen LogP contribution < -0.4 is 5.14 Å². The third-order valence-electron chi connectivity index (χ3n) is 2.48. The van der Waals surface area contributed by atoms with Crippen molar-refractivity contribution in [3.63, 3.8) is 0 Å². The first-order valence-electron chi connectivity index (χ1n) is 5.90. The Hall–Kier alpha value is -1.40. The number of sulfonamides is 1. The number of rotatable bonds is 3. The SMILES string of the molecule is CN(CC(C)(C)C)C(=O)c1ccccc1S(N)(=O)=O. The highest BCUT2D eigenvalue weighted by atomic mass is 32.2. The second-order valence-corrected chi connectivity index (χ2v) is 7.29. The number of carbonyl (C=O) groups is 1. The number of benzene rings is 1. The van der Waals surface area contributed by atoms with Crippen molar-refractivity contribution in [3.8, 4) is 0 Å². The minimum atomic E-state index is -3.90. The molecule has 0 bridgehead atoms. The summed E-state index contributed by atoms with van der Waals surface area (Å²) in [5.41, 5.74) is 0.0396. The summed E-state index contributed by atoms with van der Waals surface area (Å²) in [6.07, 6.45) is 0. The predicted molar refractivity (Wildman–Crippen MR) is 74.2 cm³/mol. The van der Waals surface area contributed by atoms with Crippen molar-refractivity contribution >= 4 is 15.9 Å². The van der Waals surface area contributed by atoms with Gasteiger partial charge in [0.2, 0.25) is 10.0 Å². The molecule has 0 aliphatic heterocycles. The molecule has 0 atom stereocenters. The highest BCUT2D eigenvalue weighted by Crippen LogP contribution is 2.19. The second kappa shape index (κ2) is 5.30. The van der Waals surface area contributed by atoms with Gasteiger partial charge in [0.1, 0.15) is 0 Å². The van der Waals surface area contributed by atoms with E-state index >= 15 is 0 Å². The molecule has 1 aromatic carbocycles. The third kappa shape index (κ3) is 4.33. The lowest BCUT2D eigenvalue weighted by atomic mass is 9.96. The van der Waals surface area contributed by atoms with E-state index in [-0.39, 0.29) is 21.8 Å². The molecular formula is C13H20N2O3S. The van der Waals surface area contributed by atoms with Gasteiger partial charge in [0.25, 0.3) is 5.91 Å². The van der Waals surface area contributed by atoms with Crippen molar-refractivity contribution in [1.29, 1.82) is 0 Å². The van der Waals surface area contributed by atoms with Gasteiger partial charge in [-0.05, 0) is 17.5 Å². The minimum Gasteiger partial charge on any atom is -0.341 e. The van der Waals surface area contributed by atoms with E-state index in [2.05, 4.69) is 0 Å². The minimum absolute atomic E-state index is 0.0685. The van der Waals surface area contributed by atoms with Crippen LogP contribution in [0, 0.1) is 5.41 Å². The molecule has 19 heavy (non-hydrogen) atoms. The predicted octanol–water partition coefficient (Wildman–Crippen LogP) is 1.45. The molecule has 0 fully saturated rings. The molecule has 5 nitrogen and oxygen atoms in total. The average Bonchev–Trinajstić information content (AvgIpc) is 2.24. The highest BCUT2D eigenvalue weighted by Gasteiger charge is 2.23. The number of nitrogens with two attached hydrogens (primary N) is 1. The van der Waals surface area contributed by atoms with Gasteiger partial charge in [-0.15, -0.1) is 0 Å². The van der Waals surface area contributed by atoms with Crippen molar-refractivity contribution in [2.45, 2.75) is 25.7 Å². The lowest BCUT2D eigenvalue weighted by Gasteiger charge is -2.27. The van der Waals surface area contributed by atoms with Crippen LogP contribution in [0.1, 0.15) is 31.1 Å². The maximum absolute atomic E-state index is 12.3. The maximum Gasteiger partial charge on any atom is 0.254 e. The summed E-state index contributed by atoms with van der Waals surface area (Å²) >= 11 is 0. The van der Waals surface area contributed by atoms with Crippen LogP contribution >= 0.6 is 0 Å². The van der Waals surface area contributed by atoms with Crippen LogP contribution in [0.3, 0.4) is 0 Å². The zero-order chi connectivity index (χ0) is 14.8. The normalized spacial score (nSPS) is 12.3. The smallest absolute Gasteiger partial charge is 0.254 e. The molecule has 1 rings (SSSR count). The fourth-order valence-electron chi connectivity index (χ4n) is 1.88. The number of nitrogens with zero attached hydrogens (tertiary/aromatic N) is 1. The molecule has 0 aliphatic carbocycles. The lowest BCUT2D eigenvalue weighted by Crippen LogP contribution is -2.35. The van der Waals surface area contributed by atoms with Gasteiger partial charge in [-0.1, -0.05) is 32.9 Å². The summed E-state index contributed by atoms with van der Waals surface area (Å²) in [4.78, 5) is 13.7. The van der Waals surface area contributed by atoms with Crippen LogP contribution in [-0.2, 0) is 10.0 Å². The lowest BCUT2D eigenvalue weighted by molar-refractivity contribution is 0.0742. The first-order valence-corrected chi connectivity index (χ1v) is 7.44. The summed E-state index contributed by atoms with van der Waals surface area (Å²) in [5, 5.41) is 5.12. The molecule has 6 heteroatoms. The van der Waals surface area contributed by atoms with Crippen molar-refractivity contribution in [2.24, 2.45) is 10.6 Å². The average molecular weight is 284 g/mol. The summed E-state index contributed by atoms with van der Waals surface area (Å²) in [6, 6.07) is 5.97. The first-order chi connectivity index (χ1) is 8.52. The molecule has 0 saturated carbocycles. The number of hydrogen-bond acceptors (Lipinski definition) is 3. The van der Waals surface area contributed by atoms with Crippen molar-refractivity contribution in [3.05, 3.63) is 29.8 Å². The summed E-state index contributed by atoms with van der Waals surface area (Å²) < 4.78 is 22.9. The van der Waals surface area contributed by atoms with Crippen LogP contribution in [0.2, 0.25) is 0 Å². The Morgan fingerprint density at radius 2 is 1.79 bits per heavy atom. The van der Waals surface area contributed by atoms with E-state index in [9.17, 15) is 13.2 Å². The second-order valence-electron chi connectivity index (χ2n) is 5.76. The molecule has 0 saturated heterocycles. The summed E-state index contributed by atoms with van der Waals surface area (Å²) in [5.74, 6) is -0.348. The van der Waals surface area contributed by atoms with Crippen molar-refractivity contribution in [2.75, 3.05) is 13.6 Å². The molecule has 2 N–H and O–H groups in total. The monoisotopic (exact) mass is 284 g/mol. The van der Waals surface area contributed by atoms with Crippen LogP contribution in [-0.4, -0.2) is 32.8 Å². The van der Waals surface area contributed by atoms with Gasteiger partial charge >= 0.3 is 0 Å². The molecule has 0 unspecified atom stereocenters. The molecular weight excluding hydrogens is 264 g/mol. The van der Waals surface area contributed by atoms with Crippen LogP contribution in [0.25, 0.3) is 0 Å². The van der Waals surface area contributed by atoms with Crippen LogP contribution in [0.15, 0.2) is 29.2 Å². The van der Waals surface area contributed by atoms with E-state index in [0.717, 1.165) is 0 Å². The number of primary sulfonamides is 1. The number of amides is 1.